The minimum atomic E-state index is -0.0155. The first kappa shape index (κ1) is 11.8. The number of thiophene rings is 1. The Morgan fingerprint density at radius 1 is 1.24 bits per heavy atom. The molecular formula is C13H12O3S. The highest BCUT2D eigenvalue weighted by Gasteiger charge is 2.08. The van der Waals surface area contributed by atoms with Crippen LogP contribution in [0.4, 0.5) is 0 Å². The average Bonchev–Trinajstić information content (AvgIpc) is 2.85. The lowest BCUT2D eigenvalue weighted by Gasteiger charge is -2.08. The molecule has 0 spiro atoms. The topological polar surface area (TPSA) is 46.5 Å². The zero-order valence-corrected chi connectivity index (χ0v) is 9.94. The molecule has 88 valence electrons. The van der Waals surface area contributed by atoms with Crippen molar-refractivity contribution in [2.45, 2.75) is 0 Å². The minimum absolute atomic E-state index is 0.0155. The lowest BCUT2D eigenvalue weighted by Crippen LogP contribution is -2.02. The van der Waals surface area contributed by atoms with E-state index >= 15 is 0 Å². The van der Waals surface area contributed by atoms with Crippen LogP contribution in [0.25, 0.3) is 10.4 Å². The molecule has 17 heavy (non-hydrogen) atoms. The summed E-state index contributed by atoms with van der Waals surface area (Å²) in [6.07, 6.45) is 0.839. The van der Waals surface area contributed by atoms with Gasteiger partial charge in [0.05, 0.1) is 11.5 Å². The van der Waals surface area contributed by atoms with Gasteiger partial charge in [0, 0.05) is 10.4 Å². The lowest BCUT2D eigenvalue weighted by atomic mass is 10.1. The van der Waals surface area contributed by atoms with Gasteiger partial charge in [0.25, 0.3) is 0 Å². The number of benzene rings is 1. The van der Waals surface area contributed by atoms with Crippen molar-refractivity contribution in [2.75, 3.05) is 13.2 Å². The number of ether oxygens (including phenoxy) is 1. The van der Waals surface area contributed by atoms with E-state index in [0.717, 1.165) is 22.5 Å². The highest BCUT2D eigenvalue weighted by Crippen LogP contribution is 2.34. The number of hydrogen-bond acceptors (Lipinski definition) is 4. The largest absolute Gasteiger partial charge is 0.491 e. The summed E-state index contributed by atoms with van der Waals surface area (Å²) in [6.45, 7) is 0.251. The van der Waals surface area contributed by atoms with E-state index in [4.69, 9.17) is 9.84 Å². The van der Waals surface area contributed by atoms with Gasteiger partial charge in [-0.1, -0.05) is 12.1 Å². The third kappa shape index (κ3) is 2.72. The molecule has 2 aromatic rings. The van der Waals surface area contributed by atoms with Crippen LogP contribution in [-0.4, -0.2) is 24.6 Å². The van der Waals surface area contributed by atoms with E-state index in [1.165, 1.54) is 11.3 Å². The highest BCUT2D eigenvalue weighted by atomic mass is 32.1. The Morgan fingerprint density at radius 2 is 2.06 bits per heavy atom. The van der Waals surface area contributed by atoms with Gasteiger partial charge in [-0.2, -0.15) is 0 Å². The summed E-state index contributed by atoms with van der Waals surface area (Å²) in [4.78, 5) is 12.3. The van der Waals surface area contributed by atoms with Crippen molar-refractivity contribution in [3.8, 4) is 16.2 Å². The predicted molar refractivity (Wildman–Crippen MR) is 67.7 cm³/mol. The Morgan fingerprint density at radius 3 is 2.76 bits per heavy atom. The maximum absolute atomic E-state index is 10.7. The fourth-order valence-corrected chi connectivity index (χ4v) is 2.37. The molecule has 0 unspecified atom stereocenters. The number of rotatable bonds is 5. The van der Waals surface area contributed by atoms with Crippen LogP contribution in [0.5, 0.6) is 5.75 Å². The zero-order valence-electron chi connectivity index (χ0n) is 9.13. The van der Waals surface area contributed by atoms with Crippen molar-refractivity contribution < 1.29 is 14.6 Å². The number of carbonyl (C=O) groups is 1. The SMILES string of the molecule is O=Cc1ccc(-c2ccccc2OCCO)s1. The fraction of sp³-hybridized carbons (Fsp3) is 0.154. The summed E-state index contributed by atoms with van der Waals surface area (Å²) in [5, 5.41) is 8.76. The molecule has 0 aliphatic heterocycles. The first-order valence-corrected chi connectivity index (χ1v) is 6.05. The highest BCUT2D eigenvalue weighted by molar-refractivity contribution is 7.17. The molecule has 1 aromatic heterocycles. The quantitative estimate of drug-likeness (QED) is 0.827. The van der Waals surface area contributed by atoms with Crippen molar-refractivity contribution in [1.29, 1.82) is 0 Å². The van der Waals surface area contributed by atoms with Gasteiger partial charge in [-0.25, -0.2) is 0 Å². The van der Waals surface area contributed by atoms with Gasteiger partial charge >= 0.3 is 0 Å². The Balaban J connectivity index is 2.33. The molecule has 0 saturated heterocycles. The van der Waals surface area contributed by atoms with Gasteiger partial charge in [0.2, 0.25) is 0 Å². The Hall–Kier alpha value is -1.65. The number of aldehydes is 1. The van der Waals surface area contributed by atoms with Crippen LogP contribution in [0.2, 0.25) is 0 Å². The molecule has 0 saturated carbocycles. The second kappa shape index (κ2) is 5.61. The molecule has 0 aliphatic rings. The van der Waals surface area contributed by atoms with Gasteiger partial charge in [-0.05, 0) is 24.3 Å². The van der Waals surface area contributed by atoms with Crippen molar-refractivity contribution in [3.05, 3.63) is 41.3 Å². The summed E-state index contributed by atoms with van der Waals surface area (Å²) in [7, 11) is 0. The van der Waals surface area contributed by atoms with E-state index < -0.39 is 0 Å². The van der Waals surface area contributed by atoms with Crippen LogP contribution in [0.1, 0.15) is 9.67 Å². The van der Waals surface area contributed by atoms with Crippen LogP contribution < -0.4 is 4.74 Å². The van der Waals surface area contributed by atoms with Gasteiger partial charge in [0.1, 0.15) is 12.4 Å². The van der Waals surface area contributed by atoms with Gasteiger partial charge in [-0.15, -0.1) is 11.3 Å². The lowest BCUT2D eigenvalue weighted by molar-refractivity contribution is 0.112. The second-order valence-electron chi connectivity index (χ2n) is 3.39. The molecule has 0 fully saturated rings. The number of para-hydroxylation sites is 1. The van der Waals surface area contributed by atoms with Crippen LogP contribution in [0.3, 0.4) is 0 Å². The molecule has 0 bridgehead atoms. The standard InChI is InChI=1S/C13H12O3S/c14-7-8-16-12-4-2-1-3-11(12)13-6-5-10(9-15)17-13/h1-6,9,14H,7-8H2. The Bertz CT molecular complexity index is 505. The van der Waals surface area contributed by atoms with Crippen LogP contribution in [0.15, 0.2) is 36.4 Å². The molecule has 0 radical (unpaired) electrons. The summed E-state index contributed by atoms with van der Waals surface area (Å²) in [5.74, 6) is 0.723. The van der Waals surface area contributed by atoms with Gasteiger partial charge in [0.15, 0.2) is 6.29 Å². The molecule has 0 aliphatic carbocycles. The van der Waals surface area contributed by atoms with E-state index in [2.05, 4.69) is 0 Å². The maximum Gasteiger partial charge on any atom is 0.160 e. The predicted octanol–water partition coefficient (Wildman–Crippen LogP) is 2.60. The van der Waals surface area contributed by atoms with Crippen LogP contribution >= 0.6 is 11.3 Å². The molecule has 4 heteroatoms. The third-order valence-electron chi connectivity index (χ3n) is 2.24. The molecule has 1 aromatic carbocycles. The number of carbonyl (C=O) groups excluding carboxylic acids is 1. The summed E-state index contributed by atoms with van der Waals surface area (Å²) in [5.41, 5.74) is 0.944. The monoisotopic (exact) mass is 248 g/mol. The second-order valence-corrected chi connectivity index (χ2v) is 4.50. The fourth-order valence-electron chi connectivity index (χ4n) is 1.51. The van der Waals surface area contributed by atoms with Gasteiger partial charge in [-0.3, -0.25) is 4.79 Å². The van der Waals surface area contributed by atoms with E-state index in [9.17, 15) is 4.79 Å². The number of aliphatic hydroxyl groups is 1. The van der Waals surface area contributed by atoms with Gasteiger partial charge < -0.3 is 9.84 Å². The van der Waals surface area contributed by atoms with Crippen LogP contribution in [0, 0.1) is 0 Å². The Labute approximate surface area is 103 Å². The first-order chi connectivity index (χ1) is 8.35. The molecule has 1 N–H and O–H groups in total. The first-order valence-electron chi connectivity index (χ1n) is 5.23. The zero-order chi connectivity index (χ0) is 12.1. The van der Waals surface area contributed by atoms with Crippen molar-refractivity contribution >= 4 is 17.6 Å². The molecule has 0 atom stereocenters. The van der Waals surface area contributed by atoms with Crippen LogP contribution in [-0.2, 0) is 0 Å². The summed E-state index contributed by atoms with van der Waals surface area (Å²) < 4.78 is 5.45. The molecule has 0 amide bonds. The molecule has 2 rings (SSSR count). The molecular weight excluding hydrogens is 236 g/mol. The normalized spacial score (nSPS) is 10.2. The minimum Gasteiger partial charge on any atom is -0.491 e. The Kier molecular flexibility index (Phi) is 3.90. The van der Waals surface area contributed by atoms with Crippen molar-refractivity contribution in [1.82, 2.24) is 0 Å². The van der Waals surface area contributed by atoms with Crippen molar-refractivity contribution in [2.24, 2.45) is 0 Å². The average molecular weight is 248 g/mol. The number of aliphatic hydroxyl groups excluding tert-OH is 1. The van der Waals surface area contributed by atoms with Crippen molar-refractivity contribution in [3.63, 3.8) is 0 Å². The smallest absolute Gasteiger partial charge is 0.160 e. The van der Waals surface area contributed by atoms with E-state index in [1.54, 1.807) is 6.07 Å². The molecule has 3 nitrogen and oxygen atoms in total. The summed E-state index contributed by atoms with van der Waals surface area (Å²) >= 11 is 1.42. The number of hydrogen-bond donors (Lipinski definition) is 1. The van der Waals surface area contributed by atoms with E-state index in [0.29, 0.717) is 4.88 Å². The van der Waals surface area contributed by atoms with E-state index in [1.807, 2.05) is 30.3 Å². The maximum atomic E-state index is 10.7. The molecule has 1 heterocycles. The third-order valence-corrected chi connectivity index (χ3v) is 3.29. The van der Waals surface area contributed by atoms with E-state index in [-0.39, 0.29) is 13.2 Å². The summed E-state index contributed by atoms with van der Waals surface area (Å²) in [6, 6.07) is 11.3.